The molecular weight excluding hydrogens is 286 g/mol. The van der Waals surface area contributed by atoms with Gasteiger partial charge in [0.05, 0.1) is 11.1 Å². The maximum atomic E-state index is 6.31. The smallest absolute Gasteiger partial charge is 0.0686 e. The van der Waals surface area contributed by atoms with Gasteiger partial charge in [0.15, 0.2) is 0 Å². The average molecular weight is 308 g/mol. The Balaban J connectivity index is 2.32. The summed E-state index contributed by atoms with van der Waals surface area (Å²) in [5.41, 5.74) is 2.70. The Kier molecular flexibility index (Phi) is 5.64. The molecule has 20 heavy (non-hydrogen) atoms. The largest absolute Gasteiger partial charge is 0.306 e. The third-order valence-electron chi connectivity index (χ3n) is 3.24. The maximum Gasteiger partial charge on any atom is 0.0686 e. The highest BCUT2D eigenvalue weighted by molar-refractivity contribution is 7.10. The van der Waals surface area contributed by atoms with E-state index in [4.69, 9.17) is 11.6 Å². The SMILES string of the molecule is CCNC(c1cccc(CC(C)C)c1)c1sccc1Cl. The first-order valence-electron chi connectivity index (χ1n) is 7.17. The summed E-state index contributed by atoms with van der Waals surface area (Å²) in [4.78, 5) is 1.20. The van der Waals surface area contributed by atoms with Crippen LogP contribution in [-0.4, -0.2) is 6.54 Å². The standard InChI is InChI=1S/C17H22ClNS/c1-4-19-16(17-15(18)8-9-20-17)14-7-5-6-13(11-14)10-12(2)3/h5-9,11-12,16,19H,4,10H2,1-3H3. The van der Waals surface area contributed by atoms with Gasteiger partial charge in [-0.3, -0.25) is 0 Å². The second kappa shape index (κ2) is 7.26. The molecular formula is C17H22ClNS. The summed E-state index contributed by atoms with van der Waals surface area (Å²) in [5.74, 6) is 0.674. The van der Waals surface area contributed by atoms with Crippen molar-refractivity contribution in [2.45, 2.75) is 33.2 Å². The van der Waals surface area contributed by atoms with Crippen molar-refractivity contribution in [1.29, 1.82) is 0 Å². The molecule has 0 amide bonds. The number of thiophene rings is 1. The lowest BCUT2D eigenvalue weighted by Gasteiger charge is -2.19. The fraction of sp³-hybridized carbons (Fsp3) is 0.412. The predicted molar refractivity (Wildman–Crippen MR) is 89.8 cm³/mol. The minimum Gasteiger partial charge on any atom is -0.306 e. The molecule has 3 heteroatoms. The first kappa shape index (κ1) is 15.6. The van der Waals surface area contributed by atoms with E-state index in [9.17, 15) is 0 Å². The summed E-state index contributed by atoms with van der Waals surface area (Å²) < 4.78 is 0. The van der Waals surface area contributed by atoms with Gasteiger partial charge in [0.2, 0.25) is 0 Å². The predicted octanol–water partition coefficient (Wildman–Crippen LogP) is 5.30. The van der Waals surface area contributed by atoms with E-state index in [2.05, 4.69) is 55.7 Å². The lowest BCUT2D eigenvalue weighted by atomic mass is 9.97. The molecule has 0 fully saturated rings. The molecule has 108 valence electrons. The van der Waals surface area contributed by atoms with Crippen LogP contribution in [0.25, 0.3) is 0 Å². The van der Waals surface area contributed by atoms with Gasteiger partial charge >= 0.3 is 0 Å². The summed E-state index contributed by atoms with van der Waals surface area (Å²) in [7, 11) is 0. The van der Waals surface area contributed by atoms with Crippen LogP contribution in [0.1, 0.15) is 42.8 Å². The van der Waals surface area contributed by atoms with Crippen molar-refractivity contribution in [3.05, 3.63) is 56.7 Å². The van der Waals surface area contributed by atoms with E-state index in [0.717, 1.165) is 18.0 Å². The van der Waals surface area contributed by atoms with Crippen molar-refractivity contribution in [3.63, 3.8) is 0 Å². The average Bonchev–Trinajstić information content (AvgIpc) is 2.81. The van der Waals surface area contributed by atoms with Gasteiger partial charge in [0.25, 0.3) is 0 Å². The molecule has 0 spiro atoms. The van der Waals surface area contributed by atoms with Gasteiger partial charge in [0, 0.05) is 4.88 Å². The van der Waals surface area contributed by atoms with E-state index in [1.54, 1.807) is 11.3 Å². The van der Waals surface area contributed by atoms with E-state index in [0.29, 0.717) is 5.92 Å². The normalized spacial score (nSPS) is 12.8. The summed E-state index contributed by atoms with van der Waals surface area (Å²) >= 11 is 8.03. The first-order valence-corrected chi connectivity index (χ1v) is 8.42. The molecule has 1 heterocycles. The second-order valence-electron chi connectivity index (χ2n) is 5.47. The molecule has 1 N–H and O–H groups in total. The summed E-state index contributed by atoms with van der Waals surface area (Å²) in [6.07, 6.45) is 1.12. The van der Waals surface area contributed by atoms with Gasteiger partial charge in [-0.2, -0.15) is 0 Å². The molecule has 1 aromatic heterocycles. The van der Waals surface area contributed by atoms with E-state index in [-0.39, 0.29) is 6.04 Å². The third-order valence-corrected chi connectivity index (χ3v) is 4.67. The number of hydrogen-bond acceptors (Lipinski definition) is 2. The molecule has 1 aromatic carbocycles. The highest BCUT2D eigenvalue weighted by Crippen LogP contribution is 2.33. The molecule has 0 radical (unpaired) electrons. The number of halogens is 1. The molecule has 0 saturated carbocycles. The van der Waals surface area contributed by atoms with Crippen LogP contribution in [0.4, 0.5) is 0 Å². The van der Waals surface area contributed by atoms with Crippen LogP contribution in [0.15, 0.2) is 35.7 Å². The van der Waals surface area contributed by atoms with Gasteiger partial charge in [0.1, 0.15) is 0 Å². The summed E-state index contributed by atoms with van der Waals surface area (Å²) in [6, 6.07) is 11.0. The Morgan fingerprint density at radius 2 is 2.05 bits per heavy atom. The van der Waals surface area contributed by atoms with Gasteiger partial charge in [-0.15, -0.1) is 11.3 Å². The third kappa shape index (κ3) is 3.85. The van der Waals surface area contributed by atoms with Crippen LogP contribution in [-0.2, 0) is 6.42 Å². The second-order valence-corrected chi connectivity index (χ2v) is 6.82. The van der Waals surface area contributed by atoms with Crippen molar-refractivity contribution in [2.24, 2.45) is 5.92 Å². The number of rotatable bonds is 6. The van der Waals surface area contributed by atoms with Crippen molar-refractivity contribution < 1.29 is 0 Å². The lowest BCUT2D eigenvalue weighted by Crippen LogP contribution is -2.21. The molecule has 0 saturated heterocycles. The molecule has 0 aliphatic rings. The van der Waals surface area contributed by atoms with Crippen molar-refractivity contribution in [2.75, 3.05) is 6.54 Å². The highest BCUT2D eigenvalue weighted by Gasteiger charge is 2.17. The topological polar surface area (TPSA) is 12.0 Å². The van der Waals surface area contributed by atoms with Gasteiger partial charge in [-0.1, -0.05) is 56.6 Å². The molecule has 2 rings (SSSR count). The Morgan fingerprint density at radius 1 is 1.25 bits per heavy atom. The quantitative estimate of drug-likeness (QED) is 0.763. The highest BCUT2D eigenvalue weighted by atomic mass is 35.5. The number of hydrogen-bond donors (Lipinski definition) is 1. The van der Waals surface area contributed by atoms with E-state index in [1.807, 2.05) is 6.07 Å². The zero-order chi connectivity index (χ0) is 14.5. The van der Waals surface area contributed by atoms with Crippen molar-refractivity contribution in [3.8, 4) is 0 Å². The Hall–Kier alpha value is -0.830. The molecule has 1 nitrogen and oxygen atoms in total. The lowest BCUT2D eigenvalue weighted by molar-refractivity contribution is 0.630. The molecule has 1 unspecified atom stereocenters. The van der Waals surface area contributed by atoms with Crippen molar-refractivity contribution in [1.82, 2.24) is 5.32 Å². The molecule has 0 aliphatic carbocycles. The fourth-order valence-corrected chi connectivity index (χ4v) is 3.72. The van der Waals surface area contributed by atoms with Crippen LogP contribution >= 0.6 is 22.9 Å². The fourth-order valence-electron chi connectivity index (χ4n) is 2.45. The molecule has 2 aromatic rings. The van der Waals surface area contributed by atoms with E-state index in [1.165, 1.54) is 16.0 Å². The molecule has 1 atom stereocenters. The summed E-state index contributed by atoms with van der Waals surface area (Å²) in [6.45, 7) is 7.56. The minimum atomic E-state index is 0.194. The summed E-state index contributed by atoms with van der Waals surface area (Å²) in [5, 5.41) is 6.46. The first-order chi connectivity index (χ1) is 9.61. The zero-order valence-electron chi connectivity index (χ0n) is 12.3. The molecule has 0 aliphatic heterocycles. The Morgan fingerprint density at radius 3 is 2.65 bits per heavy atom. The van der Waals surface area contributed by atoms with E-state index < -0.39 is 0 Å². The van der Waals surface area contributed by atoms with Crippen LogP contribution in [0.5, 0.6) is 0 Å². The van der Waals surface area contributed by atoms with Crippen molar-refractivity contribution >= 4 is 22.9 Å². The van der Waals surface area contributed by atoms with Crippen LogP contribution in [0.3, 0.4) is 0 Å². The van der Waals surface area contributed by atoms with Crippen LogP contribution in [0.2, 0.25) is 5.02 Å². The van der Waals surface area contributed by atoms with Crippen LogP contribution < -0.4 is 5.32 Å². The van der Waals surface area contributed by atoms with E-state index >= 15 is 0 Å². The Labute approximate surface area is 131 Å². The Bertz CT molecular complexity index is 547. The van der Waals surface area contributed by atoms with Gasteiger partial charge < -0.3 is 5.32 Å². The molecule has 0 bridgehead atoms. The maximum absolute atomic E-state index is 6.31. The number of benzene rings is 1. The monoisotopic (exact) mass is 307 g/mol. The van der Waals surface area contributed by atoms with Gasteiger partial charge in [-0.25, -0.2) is 0 Å². The van der Waals surface area contributed by atoms with Crippen LogP contribution in [0, 0.1) is 5.92 Å². The van der Waals surface area contributed by atoms with Gasteiger partial charge in [-0.05, 0) is 41.5 Å². The minimum absolute atomic E-state index is 0.194. The zero-order valence-corrected chi connectivity index (χ0v) is 13.9. The number of nitrogens with one attached hydrogen (secondary N) is 1.